The van der Waals surface area contributed by atoms with Crippen LogP contribution in [0, 0.1) is 35.0 Å². The molecule has 0 spiro atoms. The Hall–Kier alpha value is -6.19. The molecule has 5 heterocycles. The number of esters is 2. The highest BCUT2D eigenvalue weighted by molar-refractivity contribution is 6.99. The predicted molar refractivity (Wildman–Crippen MR) is 323 cm³/mol. The molecular formula is C66H89N3O15Si. The first-order valence-corrected chi connectivity index (χ1v) is 31.6. The van der Waals surface area contributed by atoms with E-state index in [4.69, 9.17) is 50.8 Å². The SMILES string of the molecule is CO[C@H]1C/C=C/c2nc(co2)-c2nc(co2)-c2nc(co2)[C@@H](OC)[C@@H](C)C(=O)/C=C/C[C@H](O[Si](c2ccccc2)(c2ccccc2)C(C)(C)C)CC(=O)O[C@@H](C[C@H](OC)[C@@H](C)CCC(=O)[C@H](C)[C@H](OC(C)=O)[C@H](C)CC2OCC(C)(C)CO2)[C@@H]1C. The summed E-state index contributed by atoms with van der Waals surface area (Å²) in [5.41, 5.74) is 0.918. The second-order valence-corrected chi connectivity index (χ2v) is 29.1. The zero-order chi connectivity index (χ0) is 61.6. The number of oxazole rings is 3. The molecule has 2 aromatic carbocycles. The highest BCUT2D eigenvalue weighted by Gasteiger charge is 2.52. The number of hydrogen-bond donors (Lipinski definition) is 0. The van der Waals surface area contributed by atoms with E-state index >= 15 is 4.79 Å². The van der Waals surface area contributed by atoms with E-state index in [-0.39, 0.29) is 72.2 Å². The van der Waals surface area contributed by atoms with E-state index in [0.717, 1.165) is 10.4 Å². The van der Waals surface area contributed by atoms with Crippen molar-refractivity contribution >= 4 is 48.3 Å². The predicted octanol–water partition coefficient (Wildman–Crippen LogP) is 11.5. The van der Waals surface area contributed by atoms with Crippen LogP contribution in [-0.4, -0.2) is 118 Å². The van der Waals surface area contributed by atoms with Crippen molar-refractivity contribution in [2.45, 2.75) is 169 Å². The number of aromatic nitrogens is 3. The maximum Gasteiger partial charge on any atom is 0.308 e. The van der Waals surface area contributed by atoms with E-state index in [1.165, 1.54) is 38.9 Å². The van der Waals surface area contributed by atoms with Crippen LogP contribution in [0.15, 0.2) is 111 Å². The van der Waals surface area contributed by atoms with Gasteiger partial charge in [0.2, 0.25) is 17.7 Å². The molecule has 0 radical (unpaired) electrons. The molecule has 85 heavy (non-hydrogen) atoms. The van der Waals surface area contributed by atoms with E-state index in [2.05, 4.69) is 73.8 Å². The van der Waals surface area contributed by atoms with Crippen molar-refractivity contribution in [3.8, 4) is 23.2 Å². The first kappa shape index (κ1) is 66.3. The Labute approximate surface area is 502 Å². The van der Waals surface area contributed by atoms with Crippen molar-refractivity contribution in [1.82, 2.24) is 15.0 Å². The van der Waals surface area contributed by atoms with Crippen LogP contribution in [-0.2, 0) is 56.8 Å². The quantitative estimate of drug-likeness (QED) is 0.0554. The molecule has 0 aliphatic carbocycles. The summed E-state index contributed by atoms with van der Waals surface area (Å²) in [5.74, 6) is -2.84. The van der Waals surface area contributed by atoms with E-state index in [9.17, 15) is 14.4 Å². The third-order valence-electron chi connectivity index (χ3n) is 16.7. The number of Topliss-reactive ketones (excluding diaryl/α,β-unsaturated/α-hetero) is 1. The summed E-state index contributed by atoms with van der Waals surface area (Å²) < 4.78 is 68.0. The van der Waals surface area contributed by atoms with Gasteiger partial charge in [0.05, 0.1) is 49.8 Å². The molecule has 6 bridgehead atoms. The second kappa shape index (κ2) is 29.9. The van der Waals surface area contributed by atoms with E-state index in [1.54, 1.807) is 33.3 Å². The van der Waals surface area contributed by atoms with Gasteiger partial charge in [-0.25, -0.2) is 15.0 Å². The molecule has 0 amide bonds. The number of hydrogen-bond acceptors (Lipinski definition) is 18. The van der Waals surface area contributed by atoms with Crippen LogP contribution in [0.2, 0.25) is 5.04 Å². The first-order chi connectivity index (χ1) is 40.5. The molecule has 19 heteroatoms. The minimum absolute atomic E-state index is 0.0554. The molecule has 7 rings (SSSR count). The Morgan fingerprint density at radius 3 is 1.99 bits per heavy atom. The number of ketones is 2. The van der Waals surface area contributed by atoms with Crippen molar-refractivity contribution in [2.75, 3.05) is 34.5 Å². The van der Waals surface area contributed by atoms with Crippen molar-refractivity contribution in [3.05, 3.63) is 109 Å². The number of methoxy groups -OCH3 is 3. The van der Waals surface area contributed by atoms with Crippen molar-refractivity contribution < 1.29 is 70.0 Å². The fraction of sp³-hybridized carbons (Fsp3) is 0.561. The number of ether oxygens (including phenoxy) is 7. The number of allylic oxidation sites excluding steroid dienone is 1. The number of cyclic esters (lactones) is 1. The number of carbonyl (C=O) groups excluding carboxylic acids is 4. The maximum absolute atomic E-state index is 15.1. The summed E-state index contributed by atoms with van der Waals surface area (Å²) in [5, 5.41) is 1.58. The normalized spacial score (nSPS) is 23.9. The lowest BCUT2D eigenvalue weighted by Crippen LogP contribution is -2.67. The number of fused-ring (bicyclic) bond motifs is 8. The van der Waals surface area contributed by atoms with Crippen molar-refractivity contribution in [1.29, 1.82) is 0 Å². The summed E-state index contributed by atoms with van der Waals surface area (Å²) in [6.45, 7) is 22.6. The average molecular weight is 1190 g/mol. The second-order valence-electron chi connectivity index (χ2n) is 24.9. The number of nitrogens with zero attached hydrogens (tertiary/aromatic N) is 3. The molecule has 5 aromatic rings. The van der Waals surface area contributed by atoms with Crippen molar-refractivity contribution in [3.63, 3.8) is 0 Å². The summed E-state index contributed by atoms with van der Waals surface area (Å²) in [6, 6.07) is 20.3. The van der Waals surface area contributed by atoms with Gasteiger partial charge in [0, 0.05) is 58.8 Å². The van der Waals surface area contributed by atoms with E-state index < -0.39 is 86.0 Å². The van der Waals surface area contributed by atoms with Gasteiger partial charge in [0.25, 0.3) is 8.32 Å². The highest BCUT2D eigenvalue weighted by Crippen LogP contribution is 2.40. The number of benzene rings is 2. The van der Waals surface area contributed by atoms with Gasteiger partial charge in [-0.3, -0.25) is 19.2 Å². The summed E-state index contributed by atoms with van der Waals surface area (Å²) in [6.07, 6.45) is 8.39. The minimum Gasteiger partial charge on any atom is -0.462 e. The van der Waals surface area contributed by atoms with E-state index in [1.807, 2.05) is 70.2 Å². The first-order valence-electron chi connectivity index (χ1n) is 29.7. The van der Waals surface area contributed by atoms with E-state index in [0.29, 0.717) is 49.6 Å². The zero-order valence-corrected chi connectivity index (χ0v) is 53.1. The Morgan fingerprint density at radius 2 is 1.38 bits per heavy atom. The van der Waals surface area contributed by atoms with Crippen LogP contribution in [0.25, 0.3) is 29.2 Å². The summed E-state index contributed by atoms with van der Waals surface area (Å²) in [4.78, 5) is 69.7. The molecule has 18 nitrogen and oxygen atoms in total. The standard InChI is InChI=1S/C66H89N3O15Si/c1-41(31-32-54(72)43(3)61(82-46(6)70)42(2)33-60-80-39-66(10,11)40-81-60)56(75-13)35-57-45(5)55(74-12)29-22-30-58-67-51(37-77-58)63-69-52(38-79-63)64-68-50(36-78-64)62(76-14)44(4)53(71)28-21-23-47(34-59(73)83-57)84-85(65(7,8)9,48-24-17-15-18-25-48)49-26-19-16-20-27-49/h15-22,24-28,30,36-38,41-45,47,55-57,60-62H,23,29,31-35,39-40H2,1-14H3/b28-21+,30-22+/t41-,42+,43-,44-,45+,47-,55-,56-,57-,61+,62-/m0/s1. The Balaban J connectivity index is 1.20. The van der Waals surface area contributed by atoms with Crippen LogP contribution < -0.4 is 10.4 Å². The molecular weight excluding hydrogens is 1100 g/mol. The van der Waals surface area contributed by atoms with Gasteiger partial charge in [-0.05, 0) is 58.7 Å². The van der Waals surface area contributed by atoms with Crippen LogP contribution >= 0.6 is 0 Å². The fourth-order valence-corrected chi connectivity index (χ4v) is 16.3. The summed E-state index contributed by atoms with van der Waals surface area (Å²) >= 11 is 0. The molecule has 0 N–H and O–H groups in total. The van der Waals surface area contributed by atoms with Gasteiger partial charge in [-0.15, -0.1) is 0 Å². The summed E-state index contributed by atoms with van der Waals surface area (Å²) in [7, 11) is 1.44. The number of rotatable bonds is 19. The third-order valence-corrected chi connectivity index (χ3v) is 21.7. The van der Waals surface area contributed by atoms with Gasteiger partial charge in [0.15, 0.2) is 23.5 Å². The molecule has 0 unspecified atom stereocenters. The Kier molecular flexibility index (Phi) is 23.4. The monoisotopic (exact) mass is 1190 g/mol. The van der Waals surface area contributed by atoms with Crippen LogP contribution in [0.5, 0.6) is 0 Å². The molecule has 11 atom stereocenters. The lowest BCUT2D eigenvalue weighted by Gasteiger charge is -2.45. The Bertz CT molecular complexity index is 2950. The molecule has 462 valence electrons. The maximum atomic E-state index is 15.1. The number of carbonyl (C=O) groups is 4. The minimum atomic E-state index is -3.30. The van der Waals surface area contributed by atoms with Gasteiger partial charge in [0.1, 0.15) is 48.6 Å². The van der Waals surface area contributed by atoms with Gasteiger partial charge >= 0.3 is 11.9 Å². The molecule has 2 aliphatic heterocycles. The average Bonchev–Trinajstić information content (AvgIpc) is 3.57. The van der Waals surface area contributed by atoms with Gasteiger partial charge in [-0.2, -0.15) is 0 Å². The molecule has 2 aliphatic rings. The van der Waals surface area contributed by atoms with Crippen LogP contribution in [0.1, 0.15) is 139 Å². The fourth-order valence-electron chi connectivity index (χ4n) is 11.6. The molecule has 3 aromatic heterocycles. The largest absolute Gasteiger partial charge is 0.462 e. The molecule has 0 saturated carbocycles. The highest BCUT2D eigenvalue weighted by atomic mass is 28.4. The topological polar surface area (TPSA) is 220 Å². The smallest absolute Gasteiger partial charge is 0.308 e. The van der Waals surface area contributed by atoms with Crippen LogP contribution in [0.4, 0.5) is 0 Å². The molecule has 1 saturated heterocycles. The third kappa shape index (κ3) is 17.1. The molecule has 1 fully saturated rings. The lowest BCUT2D eigenvalue weighted by molar-refractivity contribution is -0.231. The van der Waals surface area contributed by atoms with Gasteiger partial charge < -0.3 is 50.8 Å². The lowest BCUT2D eigenvalue weighted by atomic mass is 9.83. The van der Waals surface area contributed by atoms with Crippen molar-refractivity contribution in [2.24, 2.45) is 35.0 Å². The van der Waals surface area contributed by atoms with Gasteiger partial charge in [-0.1, -0.05) is 142 Å². The van der Waals surface area contributed by atoms with Crippen LogP contribution in [0.3, 0.4) is 0 Å². The zero-order valence-electron chi connectivity index (χ0n) is 52.1. The Morgan fingerprint density at radius 1 is 0.765 bits per heavy atom.